The van der Waals surface area contributed by atoms with E-state index in [1.165, 1.54) is 0 Å². The van der Waals surface area contributed by atoms with Crippen LogP contribution in [-0.2, 0) is 7.05 Å². The minimum Gasteiger partial charge on any atom is -0.316 e. The lowest BCUT2D eigenvalue weighted by atomic mass is 10.3. The van der Waals surface area contributed by atoms with Crippen molar-refractivity contribution in [3.05, 3.63) is 17.5 Å². The number of hydrogen-bond donors (Lipinski definition) is 1. The number of nitrogens with one attached hydrogen (secondary N) is 1. The SMILES string of the molecule is Cc1cnn(C(C)C)c1Nc1nc2c(s1)c(C)nn2C. The molecule has 0 spiro atoms. The summed E-state index contributed by atoms with van der Waals surface area (Å²) >= 11 is 1.63. The lowest BCUT2D eigenvalue weighted by molar-refractivity contribution is 0.539. The molecule has 0 saturated heterocycles. The van der Waals surface area contributed by atoms with Crippen LogP contribution in [0.2, 0.25) is 0 Å². The smallest absolute Gasteiger partial charge is 0.191 e. The second-order valence-corrected chi connectivity index (χ2v) is 6.22. The van der Waals surface area contributed by atoms with E-state index >= 15 is 0 Å². The van der Waals surface area contributed by atoms with Crippen LogP contribution >= 0.6 is 11.3 Å². The van der Waals surface area contributed by atoms with E-state index in [1.807, 2.05) is 36.5 Å². The number of nitrogens with zero attached hydrogens (tertiary/aromatic N) is 5. The lowest BCUT2D eigenvalue weighted by Crippen LogP contribution is -2.07. The van der Waals surface area contributed by atoms with Crippen LogP contribution in [0.1, 0.15) is 31.1 Å². The molecule has 0 radical (unpaired) electrons. The fourth-order valence-electron chi connectivity index (χ4n) is 2.24. The van der Waals surface area contributed by atoms with Gasteiger partial charge in [-0.15, -0.1) is 0 Å². The number of rotatable bonds is 3. The molecule has 3 heterocycles. The number of thiazole rings is 1. The molecule has 0 aromatic carbocycles. The van der Waals surface area contributed by atoms with Gasteiger partial charge in [-0.2, -0.15) is 10.2 Å². The van der Waals surface area contributed by atoms with Gasteiger partial charge in [-0.3, -0.25) is 0 Å². The average Bonchev–Trinajstić information content (AvgIpc) is 3.00. The fraction of sp³-hybridized carbons (Fsp3) is 0.462. The van der Waals surface area contributed by atoms with Gasteiger partial charge >= 0.3 is 0 Å². The standard InChI is InChI=1S/C13H18N6S/c1-7(2)19-11(8(3)6-14-19)15-13-16-12-10(20-13)9(4)17-18(12)5/h6-7H,1-5H3,(H,15,16). The van der Waals surface area contributed by atoms with Gasteiger partial charge in [0, 0.05) is 18.7 Å². The minimum absolute atomic E-state index is 0.309. The molecule has 0 fully saturated rings. The van der Waals surface area contributed by atoms with Crippen LogP contribution in [0.25, 0.3) is 10.3 Å². The molecule has 3 aromatic rings. The molecule has 0 bridgehead atoms. The first-order valence-electron chi connectivity index (χ1n) is 6.58. The quantitative estimate of drug-likeness (QED) is 0.805. The van der Waals surface area contributed by atoms with E-state index in [0.29, 0.717) is 6.04 Å². The fourth-order valence-corrected chi connectivity index (χ4v) is 3.17. The second kappa shape index (κ2) is 4.59. The summed E-state index contributed by atoms with van der Waals surface area (Å²) < 4.78 is 4.93. The number of anilines is 2. The van der Waals surface area contributed by atoms with Crippen LogP contribution in [0.5, 0.6) is 0 Å². The highest BCUT2D eigenvalue weighted by Crippen LogP contribution is 2.31. The van der Waals surface area contributed by atoms with E-state index in [4.69, 9.17) is 0 Å². The summed E-state index contributed by atoms with van der Waals surface area (Å²) in [6.07, 6.45) is 1.88. The predicted molar refractivity (Wildman–Crippen MR) is 81.8 cm³/mol. The third kappa shape index (κ3) is 1.98. The first-order valence-corrected chi connectivity index (χ1v) is 7.40. The van der Waals surface area contributed by atoms with Gasteiger partial charge in [-0.05, 0) is 27.7 Å². The van der Waals surface area contributed by atoms with Gasteiger partial charge in [0.15, 0.2) is 10.8 Å². The molecule has 1 N–H and O–H groups in total. The minimum atomic E-state index is 0.309. The van der Waals surface area contributed by atoms with E-state index < -0.39 is 0 Å². The van der Waals surface area contributed by atoms with Gasteiger partial charge < -0.3 is 5.32 Å². The molecular weight excluding hydrogens is 272 g/mol. The zero-order chi connectivity index (χ0) is 14.4. The van der Waals surface area contributed by atoms with Crippen LogP contribution < -0.4 is 5.32 Å². The third-order valence-corrected chi connectivity index (χ3v) is 4.31. The molecule has 3 rings (SSSR count). The van der Waals surface area contributed by atoms with Crippen molar-refractivity contribution in [1.29, 1.82) is 0 Å². The molecular formula is C13H18N6S. The Hall–Kier alpha value is -1.89. The maximum absolute atomic E-state index is 4.62. The van der Waals surface area contributed by atoms with Gasteiger partial charge in [0.2, 0.25) is 0 Å². The zero-order valence-corrected chi connectivity index (χ0v) is 13.1. The highest BCUT2D eigenvalue weighted by Gasteiger charge is 2.15. The van der Waals surface area contributed by atoms with Gasteiger partial charge in [0.05, 0.1) is 16.6 Å². The third-order valence-electron chi connectivity index (χ3n) is 3.24. The van der Waals surface area contributed by atoms with Gasteiger partial charge in [0.25, 0.3) is 0 Å². The summed E-state index contributed by atoms with van der Waals surface area (Å²) in [6, 6.07) is 0.309. The Balaban J connectivity index is 2.01. The first-order chi connectivity index (χ1) is 9.47. The van der Waals surface area contributed by atoms with Crippen molar-refractivity contribution in [2.45, 2.75) is 33.7 Å². The van der Waals surface area contributed by atoms with Crippen molar-refractivity contribution in [1.82, 2.24) is 24.5 Å². The molecule has 0 saturated carbocycles. The largest absolute Gasteiger partial charge is 0.316 e. The maximum Gasteiger partial charge on any atom is 0.191 e. The highest BCUT2D eigenvalue weighted by atomic mass is 32.1. The van der Waals surface area contributed by atoms with Crippen molar-refractivity contribution < 1.29 is 0 Å². The van der Waals surface area contributed by atoms with Crippen molar-refractivity contribution in [2.75, 3.05) is 5.32 Å². The normalized spacial score (nSPS) is 11.7. The molecule has 0 amide bonds. The van der Waals surface area contributed by atoms with Crippen molar-refractivity contribution >= 4 is 32.6 Å². The molecule has 7 heteroatoms. The predicted octanol–water partition coefficient (Wildman–Crippen LogP) is 3.17. The van der Waals surface area contributed by atoms with Crippen molar-refractivity contribution in [3.8, 4) is 0 Å². The maximum atomic E-state index is 4.62. The summed E-state index contributed by atoms with van der Waals surface area (Å²) in [4.78, 5) is 4.62. The van der Waals surface area contributed by atoms with Gasteiger partial charge in [0.1, 0.15) is 5.82 Å². The summed E-state index contributed by atoms with van der Waals surface area (Å²) in [5, 5.41) is 13.0. The van der Waals surface area contributed by atoms with Gasteiger partial charge in [-0.1, -0.05) is 11.3 Å². The molecule has 0 aliphatic carbocycles. The Morgan fingerprint density at radius 2 is 2.05 bits per heavy atom. The zero-order valence-electron chi connectivity index (χ0n) is 12.3. The molecule has 0 unspecified atom stereocenters. The number of aromatic nitrogens is 5. The van der Waals surface area contributed by atoms with Crippen LogP contribution in [0, 0.1) is 13.8 Å². The second-order valence-electron chi connectivity index (χ2n) is 5.22. The molecule has 20 heavy (non-hydrogen) atoms. The summed E-state index contributed by atoms with van der Waals surface area (Å²) in [7, 11) is 1.92. The molecule has 0 aliphatic rings. The lowest BCUT2D eigenvalue weighted by Gasteiger charge is -2.11. The topological polar surface area (TPSA) is 60.6 Å². The molecule has 0 atom stereocenters. The number of aryl methyl sites for hydroxylation is 3. The van der Waals surface area contributed by atoms with Crippen LogP contribution in [0.15, 0.2) is 6.20 Å². The molecule has 6 nitrogen and oxygen atoms in total. The Kier molecular flexibility index (Phi) is 3.01. The van der Waals surface area contributed by atoms with Crippen molar-refractivity contribution in [2.24, 2.45) is 7.05 Å². The van der Waals surface area contributed by atoms with E-state index in [0.717, 1.165) is 32.6 Å². The van der Waals surface area contributed by atoms with Crippen LogP contribution in [0.4, 0.5) is 10.9 Å². The monoisotopic (exact) mass is 290 g/mol. The summed E-state index contributed by atoms with van der Waals surface area (Å²) in [5.41, 5.74) is 3.05. The van der Waals surface area contributed by atoms with Crippen LogP contribution in [-0.4, -0.2) is 24.5 Å². The molecule has 106 valence electrons. The Labute approximate surface area is 121 Å². The van der Waals surface area contributed by atoms with Gasteiger partial charge in [-0.25, -0.2) is 14.3 Å². The number of hydrogen-bond acceptors (Lipinski definition) is 5. The number of fused-ring (bicyclic) bond motifs is 1. The Morgan fingerprint density at radius 3 is 2.70 bits per heavy atom. The van der Waals surface area contributed by atoms with E-state index in [2.05, 4.69) is 34.3 Å². The highest BCUT2D eigenvalue weighted by molar-refractivity contribution is 7.22. The van der Waals surface area contributed by atoms with E-state index in [1.54, 1.807) is 11.3 Å². The Morgan fingerprint density at radius 1 is 1.30 bits per heavy atom. The molecule has 0 aliphatic heterocycles. The van der Waals surface area contributed by atoms with Crippen LogP contribution in [0.3, 0.4) is 0 Å². The summed E-state index contributed by atoms with van der Waals surface area (Å²) in [5.74, 6) is 1.00. The first kappa shape index (κ1) is 13.1. The molecule has 3 aromatic heterocycles. The Bertz CT molecular complexity index is 729. The van der Waals surface area contributed by atoms with Crippen molar-refractivity contribution in [3.63, 3.8) is 0 Å². The van der Waals surface area contributed by atoms with E-state index in [9.17, 15) is 0 Å². The van der Waals surface area contributed by atoms with E-state index in [-0.39, 0.29) is 0 Å². The summed E-state index contributed by atoms with van der Waals surface area (Å²) in [6.45, 7) is 8.29. The average molecular weight is 290 g/mol.